The third kappa shape index (κ3) is 6.71. The number of nitrogens with zero attached hydrogens (tertiary/aromatic N) is 3. The number of amides is 1. The molecule has 1 fully saturated rings. The fourth-order valence-corrected chi connectivity index (χ4v) is 6.21. The molecule has 4 aromatic carbocycles. The van der Waals surface area contributed by atoms with Gasteiger partial charge in [-0.15, -0.1) is 0 Å². The second-order valence-corrected chi connectivity index (χ2v) is 12.1. The fourth-order valence-electron chi connectivity index (χ4n) is 6.21. The number of aromatic hydroxyl groups is 2. The molecule has 0 aliphatic carbocycles. The summed E-state index contributed by atoms with van der Waals surface area (Å²) in [6, 6.07) is 21.7. The molecular weight excluding hydrogens is 581 g/mol. The lowest BCUT2D eigenvalue weighted by Gasteiger charge is -2.32. The first-order valence-corrected chi connectivity index (χ1v) is 15.7. The first-order chi connectivity index (χ1) is 22.2. The van der Waals surface area contributed by atoms with E-state index in [1.54, 1.807) is 12.1 Å². The number of aromatic nitrogens is 1. The Bertz CT molecular complexity index is 1840. The van der Waals surface area contributed by atoms with E-state index in [4.69, 9.17) is 0 Å². The van der Waals surface area contributed by atoms with Crippen molar-refractivity contribution in [1.29, 1.82) is 0 Å². The maximum absolute atomic E-state index is 13.3. The molecule has 4 N–H and O–H groups in total. The number of aryl methyl sites for hydroxylation is 2. The number of phenols is 2. The summed E-state index contributed by atoms with van der Waals surface area (Å²) in [6.07, 6.45) is 1.12. The number of piperazine rings is 1. The minimum Gasteiger partial charge on any atom is -0.507 e. The van der Waals surface area contributed by atoms with E-state index in [1.165, 1.54) is 58.6 Å². The van der Waals surface area contributed by atoms with Gasteiger partial charge in [-0.05, 0) is 99.6 Å². The highest BCUT2D eigenvalue weighted by Crippen LogP contribution is 2.40. The average molecular weight is 622 g/mol. The van der Waals surface area contributed by atoms with E-state index in [2.05, 4.69) is 64.1 Å². The molecule has 1 saturated heterocycles. The highest BCUT2D eigenvalue weighted by molar-refractivity contribution is 6.05. The van der Waals surface area contributed by atoms with Crippen LogP contribution in [0.5, 0.6) is 11.5 Å². The van der Waals surface area contributed by atoms with Crippen LogP contribution < -0.4 is 10.6 Å². The van der Waals surface area contributed by atoms with Gasteiger partial charge in [0.05, 0.1) is 5.56 Å². The molecule has 0 atom stereocenters. The summed E-state index contributed by atoms with van der Waals surface area (Å²) in [4.78, 5) is 17.9. The summed E-state index contributed by atoms with van der Waals surface area (Å²) < 4.78 is 15.7. The fraction of sp³-hybridized carbons (Fsp3) is 0.270. The number of likely N-dealkylation sites (N-methyl/N-ethyl adjacent to an activating group) is 1. The van der Waals surface area contributed by atoms with E-state index in [1.807, 2.05) is 12.1 Å². The van der Waals surface area contributed by atoms with Crippen LogP contribution in [-0.2, 0) is 6.54 Å². The van der Waals surface area contributed by atoms with Crippen molar-refractivity contribution in [3.05, 3.63) is 102 Å². The highest BCUT2D eigenvalue weighted by atomic mass is 19.1. The van der Waals surface area contributed by atoms with Crippen molar-refractivity contribution in [3.63, 3.8) is 0 Å². The van der Waals surface area contributed by atoms with E-state index in [9.17, 15) is 19.4 Å². The molecule has 0 unspecified atom stereocenters. The number of hydrogen-bond donors (Lipinski definition) is 4. The van der Waals surface area contributed by atoms with Gasteiger partial charge in [-0.3, -0.25) is 4.79 Å². The monoisotopic (exact) mass is 621 g/mol. The van der Waals surface area contributed by atoms with Crippen molar-refractivity contribution in [2.75, 3.05) is 50.4 Å². The number of rotatable bonds is 9. The standard InChI is InChI=1S/C37H40FN5O3/c1-24-25(2)43(16-4-15-42-19-17-41(3)18-20-42)33-14-13-30(21-32(24)33)39-29-11-7-27(8-12-29)37(46)40-31-22-34(44)36(35(45)23-31)26-5-9-28(38)10-6-26/h5-14,21-23,39,44-45H,4,15-20H2,1-3H3,(H,40,46). The zero-order chi connectivity index (χ0) is 32.4. The minimum atomic E-state index is -0.420. The van der Waals surface area contributed by atoms with Crippen molar-refractivity contribution in [1.82, 2.24) is 14.4 Å². The lowest BCUT2D eigenvalue weighted by molar-refractivity contribution is 0.102. The number of halogens is 1. The summed E-state index contributed by atoms with van der Waals surface area (Å²) in [5, 5.41) is 28.5. The van der Waals surface area contributed by atoms with Crippen LogP contribution in [0.4, 0.5) is 21.5 Å². The van der Waals surface area contributed by atoms with Gasteiger partial charge >= 0.3 is 0 Å². The third-order valence-electron chi connectivity index (χ3n) is 9.01. The summed E-state index contributed by atoms with van der Waals surface area (Å²) in [7, 11) is 2.19. The molecule has 0 bridgehead atoms. The maximum Gasteiger partial charge on any atom is 0.255 e. The van der Waals surface area contributed by atoms with Gasteiger partial charge in [0.1, 0.15) is 17.3 Å². The smallest absolute Gasteiger partial charge is 0.255 e. The summed E-state index contributed by atoms with van der Waals surface area (Å²) >= 11 is 0. The van der Waals surface area contributed by atoms with Crippen LogP contribution in [0.3, 0.4) is 0 Å². The van der Waals surface area contributed by atoms with Crippen LogP contribution in [0.15, 0.2) is 78.9 Å². The number of anilines is 3. The number of phenolic OH excluding ortho intramolecular Hbond substituents is 2. The molecule has 8 nitrogen and oxygen atoms in total. The predicted octanol–water partition coefficient (Wildman–Crippen LogP) is 7.11. The first kappa shape index (κ1) is 31.1. The zero-order valence-corrected chi connectivity index (χ0v) is 26.5. The Labute approximate surface area is 268 Å². The first-order valence-electron chi connectivity index (χ1n) is 15.7. The minimum absolute atomic E-state index is 0.162. The average Bonchev–Trinajstić information content (AvgIpc) is 3.27. The number of benzene rings is 4. The topological polar surface area (TPSA) is 93.0 Å². The Morgan fingerprint density at radius 3 is 2.13 bits per heavy atom. The SMILES string of the molecule is Cc1c(C)n(CCCN2CCN(C)CC2)c2ccc(Nc3ccc(C(=O)Nc4cc(O)c(-c5ccc(F)cc5)c(O)c4)cc3)cc12. The van der Waals surface area contributed by atoms with Gasteiger partial charge in [-0.2, -0.15) is 0 Å². The molecule has 2 heterocycles. The zero-order valence-electron chi connectivity index (χ0n) is 26.5. The van der Waals surface area contributed by atoms with Gasteiger partial charge in [0.15, 0.2) is 0 Å². The Balaban J connectivity index is 1.09. The second kappa shape index (κ2) is 13.2. The van der Waals surface area contributed by atoms with Gasteiger partial charge in [0.2, 0.25) is 0 Å². The number of carbonyl (C=O) groups excluding carboxylic acids is 1. The van der Waals surface area contributed by atoms with Crippen molar-refractivity contribution in [2.24, 2.45) is 0 Å². The molecule has 1 aliphatic heterocycles. The summed E-state index contributed by atoms with van der Waals surface area (Å²) in [5.41, 5.74) is 6.91. The quantitative estimate of drug-likeness (QED) is 0.140. The largest absolute Gasteiger partial charge is 0.507 e. The molecule has 6 rings (SSSR count). The Morgan fingerprint density at radius 1 is 0.804 bits per heavy atom. The number of hydrogen-bond acceptors (Lipinski definition) is 6. The van der Waals surface area contributed by atoms with Crippen LogP contribution in [0.1, 0.15) is 28.0 Å². The molecule has 9 heteroatoms. The van der Waals surface area contributed by atoms with E-state index < -0.39 is 5.82 Å². The molecule has 238 valence electrons. The third-order valence-corrected chi connectivity index (χ3v) is 9.01. The van der Waals surface area contributed by atoms with Gasteiger partial charge in [-0.25, -0.2) is 4.39 Å². The molecule has 46 heavy (non-hydrogen) atoms. The molecule has 0 saturated carbocycles. The predicted molar refractivity (Wildman–Crippen MR) is 183 cm³/mol. The molecule has 1 amide bonds. The van der Waals surface area contributed by atoms with Gasteiger partial charge in [0, 0.05) is 84.1 Å². The van der Waals surface area contributed by atoms with Crippen LogP contribution in [-0.4, -0.2) is 70.3 Å². The lowest BCUT2D eigenvalue weighted by Crippen LogP contribution is -2.44. The normalized spacial score (nSPS) is 14.1. The van der Waals surface area contributed by atoms with Crippen molar-refractivity contribution in [3.8, 4) is 22.6 Å². The lowest BCUT2D eigenvalue weighted by atomic mass is 10.0. The van der Waals surface area contributed by atoms with Gasteiger partial charge < -0.3 is 35.2 Å². The molecular formula is C37H40FN5O3. The maximum atomic E-state index is 13.3. The van der Waals surface area contributed by atoms with E-state index >= 15 is 0 Å². The highest BCUT2D eigenvalue weighted by Gasteiger charge is 2.17. The van der Waals surface area contributed by atoms with Crippen LogP contribution in [0.25, 0.3) is 22.0 Å². The van der Waals surface area contributed by atoms with Gasteiger partial charge in [0.25, 0.3) is 5.91 Å². The Hall–Kier alpha value is -4.86. The van der Waals surface area contributed by atoms with Gasteiger partial charge in [-0.1, -0.05) is 12.1 Å². The number of nitrogens with one attached hydrogen (secondary N) is 2. The van der Waals surface area contributed by atoms with Crippen molar-refractivity contribution < 1.29 is 19.4 Å². The van der Waals surface area contributed by atoms with Crippen LogP contribution >= 0.6 is 0 Å². The molecule has 5 aromatic rings. The molecule has 0 spiro atoms. The number of carbonyl (C=O) groups is 1. The van der Waals surface area contributed by atoms with Crippen molar-refractivity contribution >= 4 is 33.9 Å². The van der Waals surface area contributed by atoms with E-state index in [-0.39, 0.29) is 28.7 Å². The summed E-state index contributed by atoms with van der Waals surface area (Å²) in [5.74, 6) is -1.27. The van der Waals surface area contributed by atoms with E-state index in [0.717, 1.165) is 57.1 Å². The second-order valence-electron chi connectivity index (χ2n) is 12.1. The summed E-state index contributed by atoms with van der Waals surface area (Å²) in [6.45, 7) is 11.1. The Kier molecular flexibility index (Phi) is 8.96. The van der Waals surface area contributed by atoms with E-state index in [0.29, 0.717) is 11.1 Å². The molecule has 0 radical (unpaired) electrons. The molecule has 1 aliphatic rings. The molecule has 1 aromatic heterocycles. The van der Waals surface area contributed by atoms with Crippen LogP contribution in [0.2, 0.25) is 0 Å². The van der Waals surface area contributed by atoms with Crippen molar-refractivity contribution in [2.45, 2.75) is 26.8 Å². The Morgan fingerprint density at radius 2 is 1.46 bits per heavy atom. The van der Waals surface area contributed by atoms with Crippen LogP contribution in [0, 0.1) is 19.7 Å². The number of fused-ring (bicyclic) bond motifs is 1.